The van der Waals surface area contributed by atoms with Crippen LogP contribution in [0.1, 0.15) is 63.9 Å². The topological polar surface area (TPSA) is 23.5 Å². The average molecular weight is 330 g/mol. The molecule has 0 bridgehead atoms. The molecule has 1 fully saturated rings. The zero-order chi connectivity index (χ0) is 17.0. The molecule has 2 unspecified atom stereocenters. The van der Waals surface area contributed by atoms with Gasteiger partial charge in [-0.15, -0.1) is 0 Å². The predicted molar refractivity (Wildman–Crippen MR) is 103 cm³/mol. The van der Waals surface area contributed by atoms with Gasteiger partial charge in [-0.05, 0) is 37.9 Å². The van der Waals surface area contributed by atoms with Gasteiger partial charge in [-0.3, -0.25) is 4.90 Å². The van der Waals surface area contributed by atoms with Crippen molar-refractivity contribution in [3.8, 4) is 0 Å². The minimum Gasteiger partial charge on any atom is -0.389 e. The third kappa shape index (κ3) is 7.19. The number of unbranched alkanes of at least 4 members (excludes halogenated alkanes) is 4. The zero-order valence-corrected chi connectivity index (χ0v) is 15.4. The van der Waals surface area contributed by atoms with Crippen molar-refractivity contribution in [1.29, 1.82) is 0 Å². The molecule has 2 atom stereocenters. The Morgan fingerprint density at radius 3 is 2.71 bits per heavy atom. The Hall–Kier alpha value is -1.12. The second-order valence-corrected chi connectivity index (χ2v) is 7.16. The van der Waals surface area contributed by atoms with Crippen LogP contribution in [0.2, 0.25) is 0 Å². The van der Waals surface area contributed by atoms with Gasteiger partial charge >= 0.3 is 0 Å². The fraction of sp³-hybridized carbons (Fsp3) is 0.636. The lowest BCUT2D eigenvalue weighted by atomic mass is 9.99. The molecule has 2 heteroatoms. The second-order valence-electron chi connectivity index (χ2n) is 7.16. The van der Waals surface area contributed by atoms with Crippen molar-refractivity contribution in [3.05, 3.63) is 48.0 Å². The second kappa shape index (κ2) is 11.4. The minimum absolute atomic E-state index is 0.374. The Kier molecular flexibility index (Phi) is 9.15. The Bertz CT molecular complexity index is 456. The number of hydrogen-bond acceptors (Lipinski definition) is 2. The molecule has 1 aliphatic rings. The highest BCUT2D eigenvalue weighted by Gasteiger charge is 2.19. The molecule has 0 radical (unpaired) electrons. The fourth-order valence-corrected chi connectivity index (χ4v) is 3.61. The Morgan fingerprint density at radius 1 is 1.12 bits per heavy atom. The summed E-state index contributed by atoms with van der Waals surface area (Å²) in [6.45, 7) is 4.71. The van der Waals surface area contributed by atoms with Gasteiger partial charge in [-0.1, -0.05) is 81.5 Å². The number of nitrogens with zero attached hydrogens (tertiary/aromatic N) is 1. The summed E-state index contributed by atoms with van der Waals surface area (Å²) in [6.07, 6.45) is 15.2. The van der Waals surface area contributed by atoms with Crippen molar-refractivity contribution in [1.82, 2.24) is 4.90 Å². The number of aliphatic hydroxyl groups excluding tert-OH is 1. The van der Waals surface area contributed by atoms with E-state index < -0.39 is 0 Å². The molecular weight excluding hydrogens is 294 g/mol. The van der Waals surface area contributed by atoms with Crippen LogP contribution < -0.4 is 0 Å². The Labute approximate surface area is 148 Å². The number of piperidine rings is 1. The molecule has 0 spiro atoms. The molecular formula is C22H35NO. The lowest BCUT2D eigenvalue weighted by molar-refractivity contribution is 0.173. The van der Waals surface area contributed by atoms with Gasteiger partial charge in [-0.2, -0.15) is 0 Å². The summed E-state index contributed by atoms with van der Waals surface area (Å²) in [7, 11) is 0. The summed E-state index contributed by atoms with van der Waals surface area (Å²) >= 11 is 0. The normalized spacial score (nSPS) is 20.5. The number of benzene rings is 1. The van der Waals surface area contributed by atoms with E-state index in [2.05, 4.69) is 30.0 Å². The quantitative estimate of drug-likeness (QED) is 0.484. The maximum Gasteiger partial charge on any atom is 0.0761 e. The van der Waals surface area contributed by atoms with Crippen LogP contribution in [0.15, 0.2) is 42.5 Å². The monoisotopic (exact) mass is 329 g/mol. The molecule has 0 aliphatic carbocycles. The molecule has 134 valence electrons. The molecule has 0 saturated carbocycles. The van der Waals surface area contributed by atoms with Crippen LogP contribution >= 0.6 is 0 Å². The van der Waals surface area contributed by atoms with E-state index in [9.17, 15) is 5.11 Å². The standard InChI is InChI=1S/C22H35NO/c1-2-3-4-5-10-17-23-18-11-9-14-21(23)15-16-22(24)19-20-12-7-6-8-13-20/h6-8,12-13,15-16,21-22,24H,2-5,9-11,14,17-19H2,1H3/b16-15+. The first-order valence-electron chi connectivity index (χ1n) is 9.94. The molecule has 1 N–H and O–H groups in total. The molecule has 0 amide bonds. The highest BCUT2D eigenvalue weighted by Crippen LogP contribution is 2.19. The van der Waals surface area contributed by atoms with Gasteiger partial charge in [0, 0.05) is 12.5 Å². The van der Waals surface area contributed by atoms with Gasteiger partial charge in [0.1, 0.15) is 0 Å². The van der Waals surface area contributed by atoms with Gasteiger partial charge in [0.25, 0.3) is 0 Å². The van der Waals surface area contributed by atoms with E-state index in [-0.39, 0.29) is 6.10 Å². The van der Waals surface area contributed by atoms with Crippen molar-refractivity contribution >= 4 is 0 Å². The molecule has 24 heavy (non-hydrogen) atoms. The minimum atomic E-state index is -0.374. The predicted octanol–water partition coefficient (Wildman–Crippen LogP) is 4.97. The van der Waals surface area contributed by atoms with Crippen LogP contribution in [-0.4, -0.2) is 35.2 Å². The summed E-state index contributed by atoms with van der Waals surface area (Å²) < 4.78 is 0. The van der Waals surface area contributed by atoms with Crippen LogP contribution in [0.25, 0.3) is 0 Å². The van der Waals surface area contributed by atoms with Gasteiger partial charge in [0.2, 0.25) is 0 Å². The van der Waals surface area contributed by atoms with E-state index in [4.69, 9.17) is 0 Å². The van der Waals surface area contributed by atoms with Gasteiger partial charge in [-0.25, -0.2) is 0 Å². The number of likely N-dealkylation sites (tertiary alicyclic amines) is 1. The SMILES string of the molecule is CCCCCCCN1CCCCC1/C=C/C(O)Cc1ccccc1. The Balaban J connectivity index is 1.76. The number of aliphatic hydroxyl groups is 1. The van der Waals surface area contributed by atoms with Crippen molar-refractivity contribution in [2.24, 2.45) is 0 Å². The number of hydrogen-bond donors (Lipinski definition) is 1. The highest BCUT2D eigenvalue weighted by molar-refractivity contribution is 5.17. The molecule has 0 aromatic heterocycles. The zero-order valence-electron chi connectivity index (χ0n) is 15.4. The van der Waals surface area contributed by atoms with Crippen LogP contribution in [0.5, 0.6) is 0 Å². The fourth-order valence-electron chi connectivity index (χ4n) is 3.61. The van der Waals surface area contributed by atoms with Gasteiger partial charge in [0.05, 0.1) is 6.10 Å². The highest BCUT2D eigenvalue weighted by atomic mass is 16.3. The van der Waals surface area contributed by atoms with Crippen molar-refractivity contribution in [2.75, 3.05) is 13.1 Å². The summed E-state index contributed by atoms with van der Waals surface area (Å²) in [5.41, 5.74) is 1.20. The van der Waals surface area contributed by atoms with Crippen molar-refractivity contribution in [2.45, 2.75) is 76.9 Å². The molecule has 2 rings (SSSR count). The van der Waals surface area contributed by atoms with E-state index in [1.165, 1.54) is 70.0 Å². The van der Waals surface area contributed by atoms with E-state index in [0.717, 1.165) is 0 Å². The number of rotatable bonds is 10. The smallest absolute Gasteiger partial charge is 0.0761 e. The third-order valence-electron chi connectivity index (χ3n) is 5.06. The molecule has 1 saturated heterocycles. The molecule has 1 aliphatic heterocycles. The third-order valence-corrected chi connectivity index (χ3v) is 5.06. The van der Waals surface area contributed by atoms with Gasteiger partial charge < -0.3 is 5.11 Å². The van der Waals surface area contributed by atoms with Crippen LogP contribution in [0.4, 0.5) is 0 Å². The maximum atomic E-state index is 10.3. The summed E-state index contributed by atoms with van der Waals surface area (Å²) in [5.74, 6) is 0. The van der Waals surface area contributed by atoms with Crippen molar-refractivity contribution in [3.63, 3.8) is 0 Å². The van der Waals surface area contributed by atoms with E-state index >= 15 is 0 Å². The van der Waals surface area contributed by atoms with Crippen LogP contribution in [0.3, 0.4) is 0 Å². The lowest BCUT2D eigenvalue weighted by Crippen LogP contribution is -2.39. The molecule has 2 nitrogen and oxygen atoms in total. The summed E-state index contributed by atoms with van der Waals surface area (Å²) in [5, 5.41) is 10.3. The molecule has 1 aromatic rings. The first kappa shape index (κ1) is 19.2. The summed E-state index contributed by atoms with van der Waals surface area (Å²) in [6, 6.07) is 10.8. The lowest BCUT2D eigenvalue weighted by Gasteiger charge is -2.34. The van der Waals surface area contributed by atoms with Crippen molar-refractivity contribution < 1.29 is 5.11 Å². The van der Waals surface area contributed by atoms with E-state index in [1.807, 2.05) is 24.3 Å². The van der Waals surface area contributed by atoms with Crippen LogP contribution in [-0.2, 0) is 6.42 Å². The van der Waals surface area contributed by atoms with E-state index in [0.29, 0.717) is 12.5 Å². The van der Waals surface area contributed by atoms with E-state index in [1.54, 1.807) is 0 Å². The molecule has 1 aromatic carbocycles. The maximum absolute atomic E-state index is 10.3. The first-order valence-corrected chi connectivity index (χ1v) is 9.94. The van der Waals surface area contributed by atoms with Crippen LogP contribution in [0, 0.1) is 0 Å². The average Bonchev–Trinajstić information content (AvgIpc) is 2.61. The molecule has 1 heterocycles. The first-order chi connectivity index (χ1) is 11.8. The Morgan fingerprint density at radius 2 is 1.92 bits per heavy atom. The summed E-state index contributed by atoms with van der Waals surface area (Å²) in [4.78, 5) is 2.63. The van der Waals surface area contributed by atoms with Gasteiger partial charge in [0.15, 0.2) is 0 Å². The largest absolute Gasteiger partial charge is 0.389 e.